The average molecular weight is 270 g/mol. The Hall–Kier alpha value is -1.83. The number of thioether (sulfide) groups is 1. The molecule has 8 heteroatoms. The van der Waals surface area contributed by atoms with Crippen LogP contribution >= 0.6 is 11.8 Å². The van der Waals surface area contributed by atoms with Crippen molar-refractivity contribution in [2.45, 2.75) is 12.2 Å². The maximum Gasteiger partial charge on any atom is 0.288 e. The minimum Gasteiger partial charge on any atom is -0.383 e. The summed E-state index contributed by atoms with van der Waals surface area (Å²) in [4.78, 5) is 25.4. The first-order chi connectivity index (χ1) is 8.45. The Labute approximate surface area is 108 Å². The summed E-state index contributed by atoms with van der Waals surface area (Å²) in [6.07, 6.45) is 2.96. The number of nitro groups is 1. The van der Waals surface area contributed by atoms with Crippen LogP contribution in [0.15, 0.2) is 12.3 Å². The molecule has 0 aliphatic heterocycles. The lowest BCUT2D eigenvalue weighted by molar-refractivity contribution is -0.385. The molecule has 0 aliphatic carbocycles. The molecule has 0 saturated heterocycles. The number of nitrogen functional groups attached to an aromatic ring is 1. The van der Waals surface area contributed by atoms with Crippen LogP contribution in [0.25, 0.3) is 0 Å². The number of carbonyl (C=O) groups excluding carboxylic acids is 1. The maximum absolute atomic E-state index is 11.8. The van der Waals surface area contributed by atoms with E-state index in [2.05, 4.69) is 10.3 Å². The maximum atomic E-state index is 11.8. The highest BCUT2D eigenvalue weighted by atomic mass is 32.2. The quantitative estimate of drug-likeness (QED) is 0.611. The number of nitrogens with two attached hydrogens (primary N) is 1. The van der Waals surface area contributed by atoms with Crippen LogP contribution in [0.4, 0.5) is 11.5 Å². The predicted molar refractivity (Wildman–Crippen MR) is 70.6 cm³/mol. The summed E-state index contributed by atoms with van der Waals surface area (Å²) < 4.78 is 0. The van der Waals surface area contributed by atoms with Crippen LogP contribution in [0.5, 0.6) is 0 Å². The summed E-state index contributed by atoms with van der Waals surface area (Å²) in [6.45, 7) is 2.42. The predicted octanol–water partition coefficient (Wildman–Crippen LogP) is 1.05. The van der Waals surface area contributed by atoms with Gasteiger partial charge in [-0.2, -0.15) is 11.8 Å². The zero-order valence-electron chi connectivity index (χ0n) is 10.0. The summed E-state index contributed by atoms with van der Waals surface area (Å²) in [5.74, 6) is -0.473. The van der Waals surface area contributed by atoms with E-state index in [0.717, 1.165) is 12.3 Å². The summed E-state index contributed by atoms with van der Waals surface area (Å²) in [6, 6.07) is 1.13. The zero-order valence-corrected chi connectivity index (χ0v) is 10.9. The first kappa shape index (κ1) is 14.2. The number of amides is 1. The highest BCUT2D eigenvalue weighted by Gasteiger charge is 2.16. The molecule has 18 heavy (non-hydrogen) atoms. The van der Waals surface area contributed by atoms with Crippen LogP contribution in [0, 0.1) is 10.1 Å². The fourth-order valence-electron chi connectivity index (χ4n) is 1.16. The van der Waals surface area contributed by atoms with E-state index in [4.69, 9.17) is 5.73 Å². The van der Waals surface area contributed by atoms with Crippen LogP contribution in [-0.4, -0.2) is 33.9 Å². The van der Waals surface area contributed by atoms with E-state index >= 15 is 0 Å². The van der Waals surface area contributed by atoms with E-state index in [9.17, 15) is 14.9 Å². The molecule has 1 heterocycles. The van der Waals surface area contributed by atoms with Gasteiger partial charge in [0.1, 0.15) is 12.0 Å². The highest BCUT2D eigenvalue weighted by molar-refractivity contribution is 7.99. The second kappa shape index (κ2) is 6.20. The van der Waals surface area contributed by atoms with E-state index < -0.39 is 10.8 Å². The molecule has 0 spiro atoms. The molecule has 0 saturated carbocycles. The van der Waals surface area contributed by atoms with Crippen molar-refractivity contribution in [1.82, 2.24) is 10.3 Å². The van der Waals surface area contributed by atoms with E-state index in [0.29, 0.717) is 6.54 Å². The standard InChI is InChI=1S/C10H14N4O3S/c1-6(18-2)4-13-10(15)8-3-7(14(16)17)5-12-9(8)11/h3,5-6H,4H2,1-2H3,(H2,11,12)(H,13,15). The molecule has 0 radical (unpaired) electrons. The number of hydrogen-bond donors (Lipinski definition) is 2. The Morgan fingerprint density at radius 1 is 1.72 bits per heavy atom. The van der Waals surface area contributed by atoms with Crippen molar-refractivity contribution in [3.05, 3.63) is 27.9 Å². The molecule has 1 amide bonds. The second-order valence-electron chi connectivity index (χ2n) is 3.64. The second-order valence-corrected chi connectivity index (χ2v) is 4.92. The van der Waals surface area contributed by atoms with Gasteiger partial charge in [0.05, 0.1) is 10.5 Å². The summed E-state index contributed by atoms with van der Waals surface area (Å²) in [7, 11) is 0. The van der Waals surface area contributed by atoms with Crippen molar-refractivity contribution >= 4 is 29.2 Å². The van der Waals surface area contributed by atoms with Gasteiger partial charge in [-0.3, -0.25) is 14.9 Å². The molecular formula is C10H14N4O3S. The van der Waals surface area contributed by atoms with Gasteiger partial charge >= 0.3 is 0 Å². The molecule has 1 atom stereocenters. The molecule has 98 valence electrons. The van der Waals surface area contributed by atoms with Crippen LogP contribution in [0.2, 0.25) is 0 Å². The normalized spacial score (nSPS) is 11.9. The molecule has 1 aromatic heterocycles. The molecule has 1 aromatic rings. The van der Waals surface area contributed by atoms with E-state index in [-0.39, 0.29) is 22.3 Å². The molecule has 1 unspecified atom stereocenters. The summed E-state index contributed by atoms with van der Waals surface area (Å²) in [5.41, 5.74) is 5.30. The molecule has 7 nitrogen and oxygen atoms in total. The van der Waals surface area contributed by atoms with Crippen LogP contribution in [0.3, 0.4) is 0 Å². The molecular weight excluding hydrogens is 256 g/mol. The van der Waals surface area contributed by atoms with Gasteiger partial charge in [0.15, 0.2) is 0 Å². The monoisotopic (exact) mass is 270 g/mol. The van der Waals surface area contributed by atoms with E-state index in [1.54, 1.807) is 11.8 Å². The Balaban J connectivity index is 2.84. The van der Waals surface area contributed by atoms with Crippen molar-refractivity contribution in [2.75, 3.05) is 18.5 Å². The van der Waals surface area contributed by atoms with Crippen LogP contribution in [0.1, 0.15) is 17.3 Å². The average Bonchev–Trinajstić information content (AvgIpc) is 2.35. The van der Waals surface area contributed by atoms with Gasteiger partial charge in [-0.15, -0.1) is 0 Å². The molecule has 0 aliphatic rings. The lowest BCUT2D eigenvalue weighted by atomic mass is 10.2. The first-order valence-electron chi connectivity index (χ1n) is 5.16. The molecule has 3 N–H and O–H groups in total. The lowest BCUT2D eigenvalue weighted by Crippen LogP contribution is -2.30. The highest BCUT2D eigenvalue weighted by Crippen LogP contribution is 2.16. The first-order valence-corrected chi connectivity index (χ1v) is 6.45. The van der Waals surface area contributed by atoms with Crippen molar-refractivity contribution in [3.8, 4) is 0 Å². The number of nitrogens with zero attached hydrogens (tertiary/aromatic N) is 2. The van der Waals surface area contributed by atoms with Gasteiger partial charge in [-0.25, -0.2) is 4.98 Å². The molecule has 0 fully saturated rings. The fourth-order valence-corrected chi connectivity index (χ4v) is 1.41. The minimum atomic E-state index is -0.617. The molecule has 0 bridgehead atoms. The third-order valence-electron chi connectivity index (χ3n) is 2.31. The van der Waals surface area contributed by atoms with Crippen LogP contribution in [-0.2, 0) is 0 Å². The smallest absolute Gasteiger partial charge is 0.288 e. The third kappa shape index (κ3) is 3.59. The molecule has 1 rings (SSSR count). The van der Waals surface area contributed by atoms with Gasteiger partial charge in [-0.05, 0) is 6.26 Å². The van der Waals surface area contributed by atoms with Crippen molar-refractivity contribution in [1.29, 1.82) is 0 Å². The number of nitrogens with one attached hydrogen (secondary N) is 1. The van der Waals surface area contributed by atoms with Crippen molar-refractivity contribution in [3.63, 3.8) is 0 Å². The van der Waals surface area contributed by atoms with E-state index in [1.165, 1.54) is 0 Å². The number of carbonyl (C=O) groups is 1. The molecule has 0 aromatic carbocycles. The Kier molecular flexibility index (Phi) is 4.90. The Morgan fingerprint density at radius 3 is 2.94 bits per heavy atom. The van der Waals surface area contributed by atoms with Crippen molar-refractivity contribution in [2.24, 2.45) is 0 Å². The Bertz CT molecular complexity index is 466. The van der Waals surface area contributed by atoms with Gasteiger partial charge in [0, 0.05) is 17.9 Å². The number of anilines is 1. The van der Waals surface area contributed by atoms with Gasteiger partial charge in [-0.1, -0.05) is 6.92 Å². The van der Waals surface area contributed by atoms with Crippen LogP contribution < -0.4 is 11.1 Å². The van der Waals surface area contributed by atoms with E-state index in [1.807, 2.05) is 13.2 Å². The van der Waals surface area contributed by atoms with Gasteiger partial charge < -0.3 is 11.1 Å². The minimum absolute atomic E-state index is 0.0186. The summed E-state index contributed by atoms with van der Waals surface area (Å²) in [5, 5.41) is 13.5. The van der Waals surface area contributed by atoms with Gasteiger partial charge in [0.25, 0.3) is 11.6 Å². The number of pyridine rings is 1. The lowest BCUT2D eigenvalue weighted by Gasteiger charge is -2.10. The third-order valence-corrected chi connectivity index (χ3v) is 3.28. The SMILES string of the molecule is CSC(C)CNC(=O)c1cc([N+](=O)[O-])cnc1N. The largest absolute Gasteiger partial charge is 0.383 e. The zero-order chi connectivity index (χ0) is 13.7. The fraction of sp³-hybridized carbons (Fsp3) is 0.400. The number of hydrogen-bond acceptors (Lipinski definition) is 6. The topological polar surface area (TPSA) is 111 Å². The number of rotatable bonds is 5. The van der Waals surface area contributed by atoms with Crippen molar-refractivity contribution < 1.29 is 9.72 Å². The Morgan fingerprint density at radius 2 is 2.39 bits per heavy atom. The van der Waals surface area contributed by atoms with Gasteiger partial charge in [0.2, 0.25) is 0 Å². The summed E-state index contributed by atoms with van der Waals surface area (Å²) >= 11 is 1.60. The number of aromatic nitrogens is 1.